The zero-order valence-corrected chi connectivity index (χ0v) is 9.89. The van der Waals surface area contributed by atoms with E-state index >= 15 is 0 Å². The summed E-state index contributed by atoms with van der Waals surface area (Å²) in [6.07, 6.45) is 2.56. The van der Waals surface area contributed by atoms with Gasteiger partial charge < -0.3 is 10.1 Å². The molecule has 0 bridgehead atoms. The van der Waals surface area contributed by atoms with Crippen molar-refractivity contribution in [3.63, 3.8) is 0 Å². The molecule has 1 aliphatic heterocycles. The minimum atomic E-state index is 0. The molecule has 3 heteroatoms. The number of nitrogens with one attached hydrogen (secondary N) is 1. The summed E-state index contributed by atoms with van der Waals surface area (Å²) in [5, 5.41) is 3.31. The third-order valence-corrected chi connectivity index (χ3v) is 1.49. The van der Waals surface area contributed by atoms with E-state index in [1.807, 2.05) is 0 Å². The molecule has 0 unspecified atom stereocenters. The zero-order valence-electron chi connectivity index (χ0n) is 9.89. The van der Waals surface area contributed by atoms with E-state index in [4.69, 9.17) is 4.74 Å². The molecule has 1 aliphatic rings. The summed E-state index contributed by atoms with van der Waals surface area (Å²) in [4.78, 5) is 0. The molecule has 0 spiro atoms. The summed E-state index contributed by atoms with van der Waals surface area (Å²) in [5.74, 6) is 0. The number of hydrogen-bond donors (Lipinski definition) is 1. The van der Waals surface area contributed by atoms with Crippen LogP contribution in [0.15, 0.2) is 0 Å². The molecule has 1 heterocycles. The molecule has 13 heavy (non-hydrogen) atoms. The van der Waals surface area contributed by atoms with Crippen LogP contribution in [-0.2, 0) is 4.74 Å². The van der Waals surface area contributed by atoms with Gasteiger partial charge in [-0.15, -0.1) is 0 Å². The van der Waals surface area contributed by atoms with Gasteiger partial charge in [-0.25, -0.2) is 0 Å². The Morgan fingerprint density at radius 3 is 1.38 bits per heavy atom. The van der Waals surface area contributed by atoms with Gasteiger partial charge >= 0.3 is 0 Å². The first-order chi connectivity index (χ1) is 5.63. The van der Waals surface area contributed by atoms with Crippen LogP contribution in [0.2, 0.25) is 0 Å². The van der Waals surface area contributed by atoms with E-state index < -0.39 is 0 Å². The van der Waals surface area contributed by atoms with Gasteiger partial charge in [-0.05, 0) is 12.8 Å². The summed E-state index contributed by atoms with van der Waals surface area (Å²) in [6, 6.07) is 1.25. The Balaban J connectivity index is 0. The minimum Gasteiger partial charge on any atom is -0.381 e. The van der Waals surface area contributed by atoms with Crippen molar-refractivity contribution in [1.82, 2.24) is 5.32 Å². The standard InChI is InChI=1S/C6H15N.C4H8O.Li/c1-5(2)7-6(3)4;1-2-4-5-3-1;/h5-7H,1-4H3;1-4H2;. The maximum atomic E-state index is 4.94. The van der Waals surface area contributed by atoms with Crippen LogP contribution in [0.1, 0.15) is 40.5 Å². The predicted molar refractivity (Wildman–Crippen MR) is 59.2 cm³/mol. The fourth-order valence-electron chi connectivity index (χ4n) is 1.18. The molecule has 0 amide bonds. The summed E-state index contributed by atoms with van der Waals surface area (Å²) in [7, 11) is 0. The second-order valence-electron chi connectivity index (χ2n) is 3.80. The van der Waals surface area contributed by atoms with Gasteiger partial charge in [-0.1, -0.05) is 27.7 Å². The molecule has 1 fully saturated rings. The average Bonchev–Trinajstić information content (AvgIpc) is 2.36. The molecule has 0 aromatic rings. The van der Waals surface area contributed by atoms with Gasteiger partial charge in [0.1, 0.15) is 0 Å². The van der Waals surface area contributed by atoms with E-state index in [-0.39, 0.29) is 18.9 Å². The fourth-order valence-corrected chi connectivity index (χ4v) is 1.18. The molecular weight excluding hydrogens is 157 g/mol. The Kier molecular flexibility index (Phi) is 13.0. The molecular formula is C10H23LiNO. The van der Waals surface area contributed by atoms with Crippen LogP contribution >= 0.6 is 0 Å². The van der Waals surface area contributed by atoms with Crippen molar-refractivity contribution < 1.29 is 4.74 Å². The number of rotatable bonds is 2. The SMILES string of the molecule is C1CCOC1.CC(C)NC(C)C.[Li]. The molecule has 0 saturated carbocycles. The molecule has 1 radical (unpaired) electrons. The Bertz CT molecular complexity index is 79.3. The van der Waals surface area contributed by atoms with Crippen LogP contribution in [-0.4, -0.2) is 44.2 Å². The van der Waals surface area contributed by atoms with E-state index in [1.165, 1.54) is 12.8 Å². The zero-order chi connectivity index (χ0) is 9.40. The molecule has 0 aliphatic carbocycles. The largest absolute Gasteiger partial charge is 0.381 e. The molecule has 75 valence electrons. The van der Waals surface area contributed by atoms with Gasteiger partial charge in [0.15, 0.2) is 0 Å². The third kappa shape index (κ3) is 15.3. The van der Waals surface area contributed by atoms with Crippen molar-refractivity contribution in [2.45, 2.75) is 52.6 Å². The van der Waals surface area contributed by atoms with Crippen molar-refractivity contribution in [1.29, 1.82) is 0 Å². The van der Waals surface area contributed by atoms with E-state index in [9.17, 15) is 0 Å². The summed E-state index contributed by atoms with van der Waals surface area (Å²) in [5.41, 5.74) is 0. The summed E-state index contributed by atoms with van der Waals surface area (Å²) >= 11 is 0. The molecule has 1 N–H and O–H groups in total. The quantitative estimate of drug-likeness (QED) is 0.654. The van der Waals surface area contributed by atoms with Crippen LogP contribution < -0.4 is 5.32 Å². The first-order valence-electron chi connectivity index (χ1n) is 4.96. The van der Waals surface area contributed by atoms with E-state index in [0.717, 1.165) is 13.2 Å². The third-order valence-electron chi connectivity index (χ3n) is 1.49. The Hall–Kier alpha value is 0.517. The van der Waals surface area contributed by atoms with Gasteiger partial charge in [0, 0.05) is 44.2 Å². The monoisotopic (exact) mass is 180 g/mol. The Labute approximate surface area is 95.0 Å². The second-order valence-corrected chi connectivity index (χ2v) is 3.80. The van der Waals surface area contributed by atoms with Gasteiger partial charge in [-0.2, -0.15) is 0 Å². The summed E-state index contributed by atoms with van der Waals surface area (Å²) in [6.45, 7) is 10.6. The number of hydrogen-bond acceptors (Lipinski definition) is 2. The maximum Gasteiger partial charge on any atom is 0.0466 e. The van der Waals surface area contributed by atoms with E-state index in [2.05, 4.69) is 33.0 Å². The van der Waals surface area contributed by atoms with Crippen LogP contribution in [0.3, 0.4) is 0 Å². The average molecular weight is 180 g/mol. The van der Waals surface area contributed by atoms with Crippen molar-refractivity contribution in [2.24, 2.45) is 0 Å². The first-order valence-corrected chi connectivity index (χ1v) is 4.96. The van der Waals surface area contributed by atoms with Gasteiger partial charge in [0.05, 0.1) is 0 Å². The normalized spacial score (nSPS) is 15.2. The van der Waals surface area contributed by atoms with Crippen LogP contribution in [0.4, 0.5) is 0 Å². The van der Waals surface area contributed by atoms with Crippen LogP contribution in [0.25, 0.3) is 0 Å². The van der Waals surface area contributed by atoms with Crippen molar-refractivity contribution in [3.05, 3.63) is 0 Å². The predicted octanol–water partition coefficient (Wildman–Crippen LogP) is 1.81. The van der Waals surface area contributed by atoms with Crippen molar-refractivity contribution >= 4 is 18.9 Å². The molecule has 0 atom stereocenters. The minimum absolute atomic E-state index is 0. The van der Waals surface area contributed by atoms with Crippen molar-refractivity contribution in [3.8, 4) is 0 Å². The molecule has 0 aromatic carbocycles. The smallest absolute Gasteiger partial charge is 0.0466 e. The summed E-state index contributed by atoms with van der Waals surface area (Å²) < 4.78 is 4.94. The van der Waals surface area contributed by atoms with Gasteiger partial charge in [-0.3, -0.25) is 0 Å². The van der Waals surface area contributed by atoms with E-state index in [0.29, 0.717) is 12.1 Å². The molecule has 1 saturated heterocycles. The van der Waals surface area contributed by atoms with E-state index in [1.54, 1.807) is 0 Å². The molecule has 1 rings (SSSR count). The number of ether oxygens (including phenoxy) is 1. The molecule has 2 nitrogen and oxygen atoms in total. The van der Waals surface area contributed by atoms with Crippen molar-refractivity contribution in [2.75, 3.05) is 13.2 Å². The Morgan fingerprint density at radius 1 is 0.923 bits per heavy atom. The second kappa shape index (κ2) is 10.6. The van der Waals surface area contributed by atoms with Gasteiger partial charge in [0.25, 0.3) is 0 Å². The molecule has 0 aromatic heterocycles. The first kappa shape index (κ1) is 16.0. The van der Waals surface area contributed by atoms with Crippen LogP contribution in [0.5, 0.6) is 0 Å². The van der Waals surface area contributed by atoms with Crippen LogP contribution in [0, 0.1) is 0 Å². The fraction of sp³-hybridized carbons (Fsp3) is 1.00. The maximum absolute atomic E-state index is 4.94. The van der Waals surface area contributed by atoms with Gasteiger partial charge in [0.2, 0.25) is 0 Å². The topological polar surface area (TPSA) is 21.3 Å². The Morgan fingerprint density at radius 2 is 1.31 bits per heavy atom.